The minimum atomic E-state index is 0.161. The maximum absolute atomic E-state index is 13.0. The van der Waals surface area contributed by atoms with E-state index in [4.69, 9.17) is 0 Å². The van der Waals surface area contributed by atoms with Gasteiger partial charge in [0.1, 0.15) is 0 Å². The van der Waals surface area contributed by atoms with Gasteiger partial charge < -0.3 is 9.88 Å². The molecule has 1 saturated carbocycles. The highest BCUT2D eigenvalue weighted by atomic mass is 16.2. The summed E-state index contributed by atoms with van der Waals surface area (Å²) in [6, 6.07) is 1.95. The molecule has 0 bridgehead atoms. The Labute approximate surface area is 130 Å². The maximum atomic E-state index is 13.0. The van der Waals surface area contributed by atoms with Crippen LogP contribution in [0, 0.1) is 6.92 Å². The van der Waals surface area contributed by atoms with E-state index in [0.717, 1.165) is 35.6 Å². The van der Waals surface area contributed by atoms with E-state index >= 15 is 0 Å². The van der Waals surface area contributed by atoms with Gasteiger partial charge in [-0.25, -0.2) is 0 Å². The van der Waals surface area contributed by atoms with Crippen molar-refractivity contribution < 1.29 is 4.79 Å². The molecule has 1 aliphatic heterocycles. The number of carbonyl (C=O) groups is 1. The van der Waals surface area contributed by atoms with Crippen molar-refractivity contribution in [3.8, 4) is 0 Å². The van der Waals surface area contributed by atoms with Crippen LogP contribution < -0.4 is 0 Å². The lowest BCUT2D eigenvalue weighted by atomic mass is 9.98. The van der Waals surface area contributed by atoms with Gasteiger partial charge in [0.15, 0.2) is 0 Å². The number of aromatic amines is 2. The van der Waals surface area contributed by atoms with Crippen LogP contribution in [0.2, 0.25) is 0 Å². The van der Waals surface area contributed by atoms with Crippen LogP contribution in [-0.2, 0) is 13.0 Å². The van der Waals surface area contributed by atoms with Crippen molar-refractivity contribution >= 4 is 5.91 Å². The molecular formula is C17H22N4O. The first-order valence-electron chi connectivity index (χ1n) is 8.23. The van der Waals surface area contributed by atoms with Gasteiger partial charge in [-0.1, -0.05) is 12.8 Å². The number of H-pyrrole nitrogens is 2. The van der Waals surface area contributed by atoms with E-state index < -0.39 is 0 Å². The number of hydrogen-bond donors (Lipinski definition) is 2. The van der Waals surface area contributed by atoms with E-state index in [1.54, 1.807) is 0 Å². The molecule has 2 aliphatic rings. The summed E-state index contributed by atoms with van der Waals surface area (Å²) in [6.45, 7) is 3.46. The van der Waals surface area contributed by atoms with Gasteiger partial charge in [-0.15, -0.1) is 0 Å². The van der Waals surface area contributed by atoms with Crippen molar-refractivity contribution in [3.63, 3.8) is 0 Å². The lowest BCUT2D eigenvalue weighted by Gasteiger charge is -2.27. The molecule has 116 valence electrons. The minimum Gasteiger partial charge on any atom is -0.364 e. The van der Waals surface area contributed by atoms with E-state index in [9.17, 15) is 4.79 Å². The summed E-state index contributed by atoms with van der Waals surface area (Å²) in [5.74, 6) is 0.694. The molecule has 2 N–H and O–H groups in total. The summed E-state index contributed by atoms with van der Waals surface area (Å²) in [7, 11) is 0. The number of nitrogens with zero attached hydrogens (tertiary/aromatic N) is 2. The highest BCUT2D eigenvalue weighted by Gasteiger charge is 2.29. The quantitative estimate of drug-likeness (QED) is 0.895. The van der Waals surface area contributed by atoms with E-state index in [-0.39, 0.29) is 5.91 Å². The molecule has 3 heterocycles. The normalized spacial score (nSPS) is 18.7. The standard InChI is InChI=1S/C17H22N4O/c1-11-14-10-21(9-7-15(14)20-19-11)17(22)13-6-8-18-16(13)12-4-2-3-5-12/h6,8,12,18H,2-5,7,9-10H2,1H3,(H,19,20). The van der Waals surface area contributed by atoms with Crippen LogP contribution >= 0.6 is 0 Å². The monoisotopic (exact) mass is 298 g/mol. The zero-order valence-electron chi connectivity index (χ0n) is 13.0. The predicted molar refractivity (Wildman–Crippen MR) is 83.8 cm³/mol. The first-order valence-corrected chi connectivity index (χ1v) is 8.23. The third kappa shape index (κ3) is 2.16. The van der Waals surface area contributed by atoms with Crippen molar-refractivity contribution in [1.82, 2.24) is 20.1 Å². The fraction of sp³-hybridized carbons (Fsp3) is 0.529. The average Bonchev–Trinajstić information content (AvgIpc) is 3.26. The molecule has 4 rings (SSSR count). The van der Waals surface area contributed by atoms with Crippen molar-refractivity contribution in [2.45, 2.75) is 51.5 Å². The van der Waals surface area contributed by atoms with Crippen molar-refractivity contribution in [2.24, 2.45) is 0 Å². The molecule has 0 unspecified atom stereocenters. The summed E-state index contributed by atoms with van der Waals surface area (Å²) in [6.07, 6.45) is 7.71. The third-order valence-corrected chi connectivity index (χ3v) is 5.19. The number of hydrogen-bond acceptors (Lipinski definition) is 2. The van der Waals surface area contributed by atoms with Crippen LogP contribution in [0.15, 0.2) is 12.3 Å². The Morgan fingerprint density at radius 2 is 2.18 bits per heavy atom. The van der Waals surface area contributed by atoms with Crippen molar-refractivity contribution in [1.29, 1.82) is 0 Å². The lowest BCUT2D eigenvalue weighted by molar-refractivity contribution is 0.0732. The third-order valence-electron chi connectivity index (χ3n) is 5.19. The van der Waals surface area contributed by atoms with Crippen LogP contribution in [-0.4, -0.2) is 32.5 Å². The smallest absolute Gasteiger partial charge is 0.256 e. The largest absolute Gasteiger partial charge is 0.364 e. The fourth-order valence-corrected chi connectivity index (χ4v) is 3.89. The lowest BCUT2D eigenvalue weighted by Crippen LogP contribution is -2.36. The second kappa shape index (κ2) is 5.30. The van der Waals surface area contributed by atoms with Gasteiger partial charge >= 0.3 is 0 Å². The first-order chi connectivity index (χ1) is 10.7. The number of rotatable bonds is 2. The molecule has 1 aliphatic carbocycles. The highest BCUT2D eigenvalue weighted by Crippen LogP contribution is 2.35. The van der Waals surface area contributed by atoms with Crippen molar-refractivity contribution in [2.75, 3.05) is 6.54 Å². The zero-order valence-corrected chi connectivity index (χ0v) is 13.0. The molecular weight excluding hydrogens is 276 g/mol. The number of nitrogens with one attached hydrogen (secondary N) is 2. The average molecular weight is 298 g/mol. The summed E-state index contributed by atoms with van der Waals surface area (Å²) >= 11 is 0. The van der Waals surface area contributed by atoms with Gasteiger partial charge in [0.25, 0.3) is 5.91 Å². The van der Waals surface area contributed by atoms with Crippen LogP contribution in [0.3, 0.4) is 0 Å². The Balaban J connectivity index is 1.58. The van der Waals surface area contributed by atoms with Crippen LogP contribution in [0.1, 0.15) is 64.6 Å². The Bertz CT molecular complexity index is 693. The van der Waals surface area contributed by atoms with Crippen molar-refractivity contribution in [3.05, 3.63) is 40.5 Å². The number of amides is 1. The van der Waals surface area contributed by atoms with Gasteiger partial charge in [-0.2, -0.15) is 5.10 Å². The van der Waals surface area contributed by atoms with Gasteiger partial charge in [0, 0.05) is 42.7 Å². The van der Waals surface area contributed by atoms with Gasteiger partial charge in [-0.05, 0) is 31.7 Å². The maximum Gasteiger partial charge on any atom is 0.256 e. The molecule has 2 aromatic heterocycles. The Kier molecular flexibility index (Phi) is 3.28. The van der Waals surface area contributed by atoms with Gasteiger partial charge in [-0.3, -0.25) is 9.89 Å². The van der Waals surface area contributed by atoms with Crippen LogP contribution in [0.4, 0.5) is 0 Å². The van der Waals surface area contributed by atoms with E-state index in [0.29, 0.717) is 12.5 Å². The number of fused-ring (bicyclic) bond motifs is 1. The first kappa shape index (κ1) is 13.6. The fourth-order valence-electron chi connectivity index (χ4n) is 3.89. The second-order valence-electron chi connectivity index (χ2n) is 6.54. The molecule has 5 heteroatoms. The number of aryl methyl sites for hydroxylation is 1. The summed E-state index contributed by atoms with van der Waals surface area (Å²) in [4.78, 5) is 18.2. The minimum absolute atomic E-state index is 0.161. The molecule has 2 aromatic rings. The van der Waals surface area contributed by atoms with E-state index in [2.05, 4.69) is 15.2 Å². The van der Waals surface area contributed by atoms with Crippen LogP contribution in [0.25, 0.3) is 0 Å². The molecule has 5 nitrogen and oxygen atoms in total. The highest BCUT2D eigenvalue weighted by molar-refractivity contribution is 5.95. The summed E-state index contributed by atoms with van der Waals surface area (Å²) in [5.41, 5.74) is 5.41. The van der Waals surface area contributed by atoms with E-state index in [1.165, 1.54) is 31.2 Å². The second-order valence-corrected chi connectivity index (χ2v) is 6.54. The number of aromatic nitrogens is 3. The SMILES string of the molecule is Cc1[nH]nc2c1CN(C(=O)c1cc[nH]c1C1CCCC1)CC2. The number of carbonyl (C=O) groups excluding carboxylic acids is 1. The Morgan fingerprint density at radius 3 is 3.00 bits per heavy atom. The van der Waals surface area contributed by atoms with Gasteiger partial charge in [0.05, 0.1) is 11.3 Å². The Morgan fingerprint density at radius 1 is 1.36 bits per heavy atom. The molecule has 0 atom stereocenters. The van der Waals surface area contributed by atoms with E-state index in [1.807, 2.05) is 24.1 Å². The molecule has 0 spiro atoms. The van der Waals surface area contributed by atoms with Crippen LogP contribution in [0.5, 0.6) is 0 Å². The predicted octanol–water partition coefficient (Wildman–Crippen LogP) is 2.90. The Hall–Kier alpha value is -2.04. The molecule has 1 amide bonds. The summed E-state index contributed by atoms with van der Waals surface area (Å²) in [5, 5.41) is 7.36. The zero-order chi connectivity index (χ0) is 15.1. The van der Waals surface area contributed by atoms with Gasteiger partial charge in [0.2, 0.25) is 0 Å². The summed E-state index contributed by atoms with van der Waals surface area (Å²) < 4.78 is 0. The molecule has 0 aromatic carbocycles. The molecule has 0 radical (unpaired) electrons. The molecule has 22 heavy (non-hydrogen) atoms. The molecule has 0 saturated heterocycles. The topological polar surface area (TPSA) is 64.8 Å². The molecule has 1 fully saturated rings.